The first-order valence-corrected chi connectivity index (χ1v) is 5.32. The molecule has 1 nitrogen and oxygen atoms in total. The molecule has 0 saturated heterocycles. The second-order valence-corrected chi connectivity index (χ2v) is 4.75. The zero-order chi connectivity index (χ0) is 12.0. The third-order valence-electron chi connectivity index (χ3n) is 2.81. The summed E-state index contributed by atoms with van der Waals surface area (Å²) in [5, 5.41) is 0.352. The van der Waals surface area contributed by atoms with E-state index in [2.05, 4.69) is 0 Å². The van der Waals surface area contributed by atoms with Crippen LogP contribution in [0.5, 0.6) is 0 Å². The highest BCUT2D eigenvalue weighted by atomic mass is 35.5. The number of hydrogen-bond donors (Lipinski definition) is 1. The van der Waals surface area contributed by atoms with Crippen molar-refractivity contribution in [2.24, 2.45) is 5.73 Å². The highest BCUT2D eigenvalue weighted by Gasteiger charge is 2.39. The summed E-state index contributed by atoms with van der Waals surface area (Å²) in [7, 11) is 0. The predicted molar refractivity (Wildman–Crippen MR) is 56.3 cm³/mol. The molecule has 1 fully saturated rings. The van der Waals surface area contributed by atoms with E-state index in [1.165, 1.54) is 6.07 Å². The van der Waals surface area contributed by atoms with Gasteiger partial charge in [0, 0.05) is 10.6 Å². The molecule has 1 saturated carbocycles. The van der Waals surface area contributed by atoms with Gasteiger partial charge < -0.3 is 5.73 Å². The van der Waals surface area contributed by atoms with Crippen LogP contribution in [-0.4, -0.2) is 5.54 Å². The van der Waals surface area contributed by atoms with Crippen molar-refractivity contribution in [3.63, 3.8) is 0 Å². The molecule has 0 bridgehead atoms. The molecule has 5 heteroatoms. The lowest BCUT2D eigenvalue weighted by molar-refractivity contribution is -0.137. The van der Waals surface area contributed by atoms with E-state index in [-0.39, 0.29) is 5.54 Å². The fourth-order valence-corrected chi connectivity index (χ4v) is 1.79. The molecule has 0 amide bonds. The molecule has 0 atom stereocenters. The number of nitrogens with two attached hydrogens (primary N) is 1. The molecule has 1 aliphatic carbocycles. The van der Waals surface area contributed by atoms with Crippen molar-refractivity contribution in [3.05, 3.63) is 34.3 Å². The molecule has 1 aromatic rings. The van der Waals surface area contributed by atoms with Gasteiger partial charge in [-0.3, -0.25) is 0 Å². The summed E-state index contributed by atoms with van der Waals surface area (Å²) < 4.78 is 37.4. The summed E-state index contributed by atoms with van der Waals surface area (Å²) in [6, 6.07) is 3.36. The van der Waals surface area contributed by atoms with Gasteiger partial charge in [-0.15, -0.1) is 0 Å². The quantitative estimate of drug-likeness (QED) is 0.854. The molecule has 0 heterocycles. The van der Waals surface area contributed by atoms with Crippen molar-refractivity contribution >= 4 is 11.6 Å². The number of rotatable bonds is 2. The zero-order valence-corrected chi connectivity index (χ0v) is 9.20. The smallest absolute Gasteiger partial charge is 0.325 e. The Morgan fingerprint density at radius 1 is 1.31 bits per heavy atom. The molecule has 16 heavy (non-hydrogen) atoms. The van der Waals surface area contributed by atoms with E-state index >= 15 is 0 Å². The van der Waals surface area contributed by atoms with Gasteiger partial charge in [-0.25, -0.2) is 0 Å². The van der Waals surface area contributed by atoms with E-state index in [0.717, 1.165) is 25.0 Å². The van der Waals surface area contributed by atoms with Crippen LogP contribution in [0.3, 0.4) is 0 Å². The fourth-order valence-electron chi connectivity index (χ4n) is 1.60. The van der Waals surface area contributed by atoms with Gasteiger partial charge in [-0.1, -0.05) is 11.6 Å². The Morgan fingerprint density at radius 3 is 2.44 bits per heavy atom. The van der Waals surface area contributed by atoms with Crippen molar-refractivity contribution in [1.29, 1.82) is 0 Å². The van der Waals surface area contributed by atoms with E-state index in [0.29, 0.717) is 17.0 Å². The van der Waals surface area contributed by atoms with Crippen molar-refractivity contribution in [2.45, 2.75) is 31.0 Å². The maximum absolute atomic E-state index is 12.5. The molecule has 88 valence electrons. The molecule has 1 aliphatic rings. The SMILES string of the molecule is NC1(Cc2cc(C(F)(F)F)ccc2Cl)CC1. The summed E-state index contributed by atoms with van der Waals surface area (Å²) in [4.78, 5) is 0. The lowest BCUT2D eigenvalue weighted by Gasteiger charge is -2.13. The Balaban J connectivity index is 2.29. The van der Waals surface area contributed by atoms with Crippen LogP contribution in [0, 0.1) is 0 Å². The average Bonchev–Trinajstić information content (AvgIpc) is 2.86. The Hall–Kier alpha value is -0.740. The summed E-state index contributed by atoms with van der Waals surface area (Å²) in [5.74, 6) is 0. The third-order valence-corrected chi connectivity index (χ3v) is 3.18. The Morgan fingerprint density at radius 2 is 1.94 bits per heavy atom. The predicted octanol–water partition coefficient (Wildman–Crippen LogP) is 3.39. The lowest BCUT2D eigenvalue weighted by atomic mass is 10.0. The van der Waals surface area contributed by atoms with Gasteiger partial charge in [0.25, 0.3) is 0 Å². The van der Waals surface area contributed by atoms with Crippen LogP contribution in [0.2, 0.25) is 5.02 Å². The van der Waals surface area contributed by atoms with Gasteiger partial charge in [0.2, 0.25) is 0 Å². The van der Waals surface area contributed by atoms with Gasteiger partial charge in [0.15, 0.2) is 0 Å². The Labute approximate surface area is 96.4 Å². The number of hydrogen-bond acceptors (Lipinski definition) is 1. The van der Waals surface area contributed by atoms with E-state index < -0.39 is 11.7 Å². The van der Waals surface area contributed by atoms with Crippen molar-refractivity contribution in [2.75, 3.05) is 0 Å². The molecule has 2 N–H and O–H groups in total. The number of alkyl halides is 3. The van der Waals surface area contributed by atoms with Gasteiger partial charge in [0.1, 0.15) is 0 Å². The Kier molecular flexibility index (Phi) is 2.67. The highest BCUT2D eigenvalue weighted by Crippen LogP contribution is 2.39. The van der Waals surface area contributed by atoms with Crippen LogP contribution >= 0.6 is 11.6 Å². The number of halogens is 4. The van der Waals surface area contributed by atoms with E-state index in [9.17, 15) is 13.2 Å². The average molecular weight is 250 g/mol. The second kappa shape index (κ2) is 3.64. The van der Waals surface area contributed by atoms with E-state index in [1.54, 1.807) is 0 Å². The first-order chi connectivity index (χ1) is 7.30. The molecular weight excluding hydrogens is 239 g/mol. The van der Waals surface area contributed by atoms with Gasteiger partial charge in [-0.05, 0) is 43.0 Å². The van der Waals surface area contributed by atoms with E-state index in [1.807, 2.05) is 0 Å². The van der Waals surface area contributed by atoms with Crippen LogP contribution in [0.15, 0.2) is 18.2 Å². The Bertz CT molecular complexity index is 410. The minimum atomic E-state index is -4.33. The first kappa shape index (κ1) is 11.7. The summed E-state index contributed by atoms with van der Waals surface area (Å²) in [6.07, 6.45) is -2.22. The molecule has 0 aliphatic heterocycles. The molecule has 0 radical (unpaired) electrons. The molecular formula is C11H11ClF3N. The monoisotopic (exact) mass is 249 g/mol. The summed E-state index contributed by atoms with van der Waals surface area (Å²) >= 11 is 5.86. The van der Waals surface area contributed by atoms with E-state index in [4.69, 9.17) is 17.3 Å². The van der Waals surface area contributed by atoms with Crippen LogP contribution in [0.25, 0.3) is 0 Å². The molecule has 2 rings (SSSR count). The molecule has 0 unspecified atom stereocenters. The van der Waals surface area contributed by atoms with Gasteiger partial charge in [-0.2, -0.15) is 13.2 Å². The fraction of sp³-hybridized carbons (Fsp3) is 0.455. The summed E-state index contributed by atoms with van der Waals surface area (Å²) in [5.41, 5.74) is 5.34. The van der Waals surface area contributed by atoms with Crippen molar-refractivity contribution < 1.29 is 13.2 Å². The standard InChI is InChI=1S/C11H11ClF3N/c12-9-2-1-8(11(13,14)15)5-7(9)6-10(16)3-4-10/h1-2,5H,3-4,6,16H2. The molecule has 0 aromatic heterocycles. The topological polar surface area (TPSA) is 26.0 Å². The van der Waals surface area contributed by atoms with Crippen LogP contribution in [-0.2, 0) is 12.6 Å². The lowest BCUT2D eigenvalue weighted by Crippen LogP contribution is -2.24. The van der Waals surface area contributed by atoms with Gasteiger partial charge in [0.05, 0.1) is 5.56 Å². The minimum Gasteiger partial charge on any atom is -0.325 e. The maximum atomic E-state index is 12.5. The molecule has 1 aromatic carbocycles. The third kappa shape index (κ3) is 2.50. The first-order valence-electron chi connectivity index (χ1n) is 4.95. The maximum Gasteiger partial charge on any atom is 0.416 e. The highest BCUT2D eigenvalue weighted by molar-refractivity contribution is 6.31. The molecule has 0 spiro atoms. The van der Waals surface area contributed by atoms with Crippen molar-refractivity contribution in [1.82, 2.24) is 0 Å². The van der Waals surface area contributed by atoms with Crippen molar-refractivity contribution in [3.8, 4) is 0 Å². The van der Waals surface area contributed by atoms with Crippen LogP contribution in [0.1, 0.15) is 24.0 Å². The minimum absolute atomic E-state index is 0.339. The van der Waals surface area contributed by atoms with Crippen LogP contribution < -0.4 is 5.73 Å². The number of benzene rings is 1. The van der Waals surface area contributed by atoms with Gasteiger partial charge >= 0.3 is 6.18 Å². The second-order valence-electron chi connectivity index (χ2n) is 4.34. The normalized spacial score (nSPS) is 18.6. The zero-order valence-electron chi connectivity index (χ0n) is 8.44. The summed E-state index contributed by atoms with van der Waals surface area (Å²) in [6.45, 7) is 0. The largest absolute Gasteiger partial charge is 0.416 e. The van der Waals surface area contributed by atoms with Crippen LogP contribution in [0.4, 0.5) is 13.2 Å².